The molecule has 2 N–H and O–H groups in total. The zero-order valence-electron chi connectivity index (χ0n) is 13.1. The number of hydrogen-bond donors (Lipinski definition) is 2. The lowest BCUT2D eigenvalue weighted by molar-refractivity contribution is -0.144. The fourth-order valence-corrected chi connectivity index (χ4v) is 2.45. The van der Waals surface area contributed by atoms with Crippen molar-refractivity contribution in [2.24, 2.45) is 0 Å². The van der Waals surface area contributed by atoms with Crippen molar-refractivity contribution in [1.29, 1.82) is 0 Å². The largest absolute Gasteiger partial charge is 0.480 e. The molecule has 1 amide bonds. The van der Waals surface area contributed by atoms with Crippen LogP contribution in [0, 0.1) is 0 Å². The number of carboxylic acid groups (broad SMARTS) is 1. The third kappa shape index (κ3) is 4.81. The van der Waals surface area contributed by atoms with Crippen LogP contribution >= 0.6 is 11.6 Å². The molecule has 2 aromatic carbocycles. The molecule has 0 saturated heterocycles. The molecule has 0 spiro atoms. The first-order valence-electron chi connectivity index (χ1n) is 7.36. The summed E-state index contributed by atoms with van der Waals surface area (Å²) < 4.78 is 5.22. The van der Waals surface area contributed by atoms with Crippen molar-refractivity contribution in [3.8, 4) is 0 Å². The molecule has 0 aromatic heterocycles. The molecule has 2 atom stereocenters. The molecule has 0 radical (unpaired) electrons. The van der Waals surface area contributed by atoms with Crippen molar-refractivity contribution in [2.45, 2.75) is 18.6 Å². The Morgan fingerprint density at radius 3 is 2.29 bits per heavy atom. The fourth-order valence-electron chi connectivity index (χ4n) is 2.33. The second-order valence-corrected chi connectivity index (χ2v) is 5.69. The van der Waals surface area contributed by atoms with Crippen LogP contribution in [0.1, 0.15) is 17.2 Å². The first kappa shape index (κ1) is 18.0. The van der Waals surface area contributed by atoms with Crippen LogP contribution in [0.5, 0.6) is 0 Å². The lowest BCUT2D eigenvalue weighted by Crippen LogP contribution is -2.44. The standard InChI is InChI=1S/C18H18ClNO4/c1-24-16(13-5-3-2-4-6-13)17(21)20-15(18(22)23)11-12-7-9-14(19)10-8-12/h2-10,15-16H,11H2,1H3,(H,20,21)(H,22,23)/t15-,16-/m1/s1. The molecule has 0 bridgehead atoms. The molecule has 2 aromatic rings. The zero-order chi connectivity index (χ0) is 17.5. The first-order valence-corrected chi connectivity index (χ1v) is 7.74. The van der Waals surface area contributed by atoms with Gasteiger partial charge in [-0.25, -0.2) is 4.79 Å². The summed E-state index contributed by atoms with van der Waals surface area (Å²) in [5, 5.41) is 12.5. The van der Waals surface area contributed by atoms with Crippen molar-refractivity contribution in [3.63, 3.8) is 0 Å². The molecule has 0 fully saturated rings. The van der Waals surface area contributed by atoms with Gasteiger partial charge in [0.15, 0.2) is 6.10 Å². The zero-order valence-corrected chi connectivity index (χ0v) is 13.9. The molecule has 0 aliphatic carbocycles. The number of carbonyl (C=O) groups is 2. The fraction of sp³-hybridized carbons (Fsp3) is 0.222. The average molecular weight is 348 g/mol. The van der Waals surface area contributed by atoms with Gasteiger partial charge in [-0.15, -0.1) is 0 Å². The van der Waals surface area contributed by atoms with E-state index in [1.807, 2.05) is 6.07 Å². The van der Waals surface area contributed by atoms with Gasteiger partial charge in [0.2, 0.25) is 0 Å². The number of ether oxygens (including phenoxy) is 1. The summed E-state index contributed by atoms with van der Waals surface area (Å²) in [4.78, 5) is 23.9. The van der Waals surface area contributed by atoms with Gasteiger partial charge < -0.3 is 15.2 Å². The number of halogens is 1. The normalized spacial score (nSPS) is 13.1. The number of benzene rings is 2. The SMILES string of the molecule is CO[C@@H](C(=O)N[C@H](Cc1ccc(Cl)cc1)C(=O)O)c1ccccc1. The summed E-state index contributed by atoms with van der Waals surface area (Å²) in [6.07, 6.45) is -0.706. The van der Waals surface area contributed by atoms with Crippen LogP contribution in [0.3, 0.4) is 0 Å². The molecule has 126 valence electrons. The molecule has 0 aliphatic heterocycles. The maximum Gasteiger partial charge on any atom is 0.326 e. The number of hydrogen-bond acceptors (Lipinski definition) is 3. The van der Waals surface area contributed by atoms with Crippen molar-refractivity contribution < 1.29 is 19.4 Å². The van der Waals surface area contributed by atoms with Crippen LogP contribution in [0.25, 0.3) is 0 Å². The minimum absolute atomic E-state index is 0.156. The Hall–Kier alpha value is -2.37. The van der Waals surface area contributed by atoms with E-state index in [1.54, 1.807) is 48.5 Å². The van der Waals surface area contributed by atoms with Gasteiger partial charge >= 0.3 is 5.97 Å². The number of amides is 1. The Kier molecular flexibility index (Phi) is 6.35. The Labute approximate surface area is 145 Å². The minimum Gasteiger partial charge on any atom is -0.480 e. The second-order valence-electron chi connectivity index (χ2n) is 5.26. The molecule has 0 aliphatic rings. The van der Waals surface area contributed by atoms with Crippen molar-refractivity contribution in [1.82, 2.24) is 5.32 Å². The predicted molar refractivity (Wildman–Crippen MR) is 90.9 cm³/mol. The third-order valence-electron chi connectivity index (χ3n) is 3.54. The molecule has 2 rings (SSSR count). The Morgan fingerprint density at radius 2 is 1.75 bits per heavy atom. The Balaban J connectivity index is 2.10. The van der Waals surface area contributed by atoms with Gasteiger partial charge in [0.05, 0.1) is 0 Å². The second kappa shape index (κ2) is 8.47. The highest BCUT2D eigenvalue weighted by atomic mass is 35.5. The highest BCUT2D eigenvalue weighted by Crippen LogP contribution is 2.17. The Morgan fingerprint density at radius 1 is 1.12 bits per heavy atom. The monoisotopic (exact) mass is 347 g/mol. The smallest absolute Gasteiger partial charge is 0.326 e. The van der Waals surface area contributed by atoms with Crippen molar-refractivity contribution in [3.05, 3.63) is 70.7 Å². The van der Waals surface area contributed by atoms with E-state index in [9.17, 15) is 14.7 Å². The quantitative estimate of drug-likeness (QED) is 0.807. The summed E-state index contributed by atoms with van der Waals surface area (Å²) in [7, 11) is 1.41. The third-order valence-corrected chi connectivity index (χ3v) is 3.80. The highest BCUT2D eigenvalue weighted by Gasteiger charge is 2.26. The molecule has 5 nitrogen and oxygen atoms in total. The van der Waals surface area contributed by atoms with Gasteiger partial charge in [-0.1, -0.05) is 54.1 Å². The van der Waals surface area contributed by atoms with E-state index in [1.165, 1.54) is 7.11 Å². The van der Waals surface area contributed by atoms with Crippen LogP contribution in [0.15, 0.2) is 54.6 Å². The number of rotatable bonds is 7. The molecule has 0 heterocycles. The lowest BCUT2D eigenvalue weighted by Gasteiger charge is -2.20. The van der Waals surface area contributed by atoms with Crippen LogP contribution in [-0.4, -0.2) is 30.1 Å². The van der Waals surface area contributed by atoms with Gasteiger partial charge in [-0.3, -0.25) is 4.79 Å². The van der Waals surface area contributed by atoms with E-state index in [2.05, 4.69) is 5.32 Å². The van der Waals surface area contributed by atoms with Gasteiger partial charge in [0, 0.05) is 18.6 Å². The van der Waals surface area contributed by atoms with Crippen LogP contribution < -0.4 is 5.32 Å². The Bertz CT molecular complexity index is 688. The van der Waals surface area contributed by atoms with Crippen LogP contribution in [0.4, 0.5) is 0 Å². The van der Waals surface area contributed by atoms with Gasteiger partial charge in [0.1, 0.15) is 6.04 Å². The summed E-state index contributed by atoms with van der Waals surface area (Å²) in [5.41, 5.74) is 1.42. The van der Waals surface area contributed by atoms with E-state index in [4.69, 9.17) is 16.3 Å². The van der Waals surface area contributed by atoms with E-state index in [-0.39, 0.29) is 6.42 Å². The number of carboxylic acids is 1. The number of carbonyl (C=O) groups excluding carboxylic acids is 1. The number of aliphatic carboxylic acids is 1. The predicted octanol–water partition coefficient (Wildman–Crippen LogP) is 2.84. The summed E-state index contributed by atoms with van der Waals surface area (Å²) >= 11 is 5.82. The highest BCUT2D eigenvalue weighted by molar-refractivity contribution is 6.30. The van der Waals surface area contributed by atoms with Crippen molar-refractivity contribution >= 4 is 23.5 Å². The first-order chi connectivity index (χ1) is 11.5. The van der Waals surface area contributed by atoms with Gasteiger partial charge in [0.25, 0.3) is 5.91 Å². The topological polar surface area (TPSA) is 75.6 Å². The molecule has 6 heteroatoms. The van der Waals surface area contributed by atoms with E-state index >= 15 is 0 Å². The van der Waals surface area contributed by atoms with Crippen molar-refractivity contribution in [2.75, 3.05) is 7.11 Å². The lowest BCUT2D eigenvalue weighted by atomic mass is 10.0. The van der Waals surface area contributed by atoms with E-state index < -0.39 is 24.0 Å². The van der Waals surface area contributed by atoms with E-state index in [0.29, 0.717) is 10.6 Å². The minimum atomic E-state index is -1.11. The molecule has 0 saturated carbocycles. The van der Waals surface area contributed by atoms with Crippen LogP contribution in [-0.2, 0) is 20.7 Å². The molecule has 24 heavy (non-hydrogen) atoms. The summed E-state index contributed by atoms with van der Waals surface area (Å²) in [6.45, 7) is 0. The molecule has 0 unspecified atom stereocenters. The van der Waals surface area contributed by atoms with Crippen LogP contribution in [0.2, 0.25) is 5.02 Å². The van der Waals surface area contributed by atoms with E-state index in [0.717, 1.165) is 5.56 Å². The number of methoxy groups -OCH3 is 1. The average Bonchev–Trinajstić information content (AvgIpc) is 2.57. The maximum atomic E-state index is 12.4. The molecular formula is C18H18ClNO4. The van der Waals surface area contributed by atoms with Gasteiger partial charge in [-0.2, -0.15) is 0 Å². The summed E-state index contributed by atoms with van der Waals surface area (Å²) in [6, 6.07) is 14.7. The molecular weight excluding hydrogens is 330 g/mol. The maximum absolute atomic E-state index is 12.4. The summed E-state index contributed by atoms with van der Waals surface area (Å²) in [5.74, 6) is -1.61. The van der Waals surface area contributed by atoms with Gasteiger partial charge in [-0.05, 0) is 23.3 Å². The number of nitrogens with one attached hydrogen (secondary N) is 1.